The minimum atomic E-state index is 0.604. The van der Waals surface area contributed by atoms with Crippen molar-refractivity contribution in [2.24, 2.45) is 0 Å². The van der Waals surface area contributed by atoms with Gasteiger partial charge < -0.3 is 9.47 Å². The summed E-state index contributed by atoms with van der Waals surface area (Å²) in [4.78, 5) is 0. The van der Waals surface area contributed by atoms with Crippen LogP contribution in [0.5, 0.6) is 11.5 Å². The zero-order chi connectivity index (χ0) is 14.9. The van der Waals surface area contributed by atoms with E-state index in [2.05, 4.69) is 54.6 Å². The molecule has 2 heteroatoms. The van der Waals surface area contributed by atoms with Gasteiger partial charge in [-0.2, -0.15) is 0 Å². The lowest BCUT2D eigenvalue weighted by atomic mass is 9.91. The van der Waals surface area contributed by atoms with Gasteiger partial charge in [-0.3, -0.25) is 0 Å². The highest BCUT2D eigenvalue weighted by molar-refractivity contribution is 6.00. The van der Waals surface area contributed by atoms with Crippen molar-refractivity contribution in [3.8, 4) is 11.5 Å². The van der Waals surface area contributed by atoms with Gasteiger partial charge in [-0.15, -0.1) is 0 Å². The lowest BCUT2D eigenvalue weighted by molar-refractivity contribution is 0.358. The van der Waals surface area contributed by atoms with Crippen LogP contribution in [0.15, 0.2) is 66.7 Å². The highest BCUT2D eigenvalue weighted by Crippen LogP contribution is 2.39. The largest absolute Gasteiger partial charge is 0.497 e. The van der Waals surface area contributed by atoms with Gasteiger partial charge in [0.05, 0.1) is 7.11 Å². The van der Waals surface area contributed by atoms with Crippen molar-refractivity contribution in [3.63, 3.8) is 0 Å². The van der Waals surface area contributed by atoms with E-state index in [1.54, 1.807) is 7.11 Å². The molecule has 0 spiro atoms. The molecule has 0 bridgehead atoms. The van der Waals surface area contributed by atoms with Crippen molar-refractivity contribution in [2.75, 3.05) is 13.7 Å². The van der Waals surface area contributed by atoms with Gasteiger partial charge in [0, 0.05) is 5.56 Å². The van der Waals surface area contributed by atoms with Crippen LogP contribution in [0.4, 0.5) is 0 Å². The Labute approximate surface area is 129 Å². The van der Waals surface area contributed by atoms with Gasteiger partial charge in [0.15, 0.2) is 0 Å². The van der Waals surface area contributed by atoms with Crippen molar-refractivity contribution in [3.05, 3.63) is 77.9 Å². The minimum absolute atomic E-state index is 0.604. The van der Waals surface area contributed by atoms with Gasteiger partial charge in [-0.1, -0.05) is 42.5 Å². The average molecular weight is 288 g/mol. The fourth-order valence-electron chi connectivity index (χ4n) is 3.00. The molecule has 3 aromatic carbocycles. The topological polar surface area (TPSA) is 18.5 Å². The maximum absolute atomic E-state index is 5.83. The van der Waals surface area contributed by atoms with E-state index in [1.807, 2.05) is 12.1 Å². The Morgan fingerprint density at radius 1 is 0.909 bits per heavy atom. The summed E-state index contributed by atoms with van der Waals surface area (Å²) in [5, 5.41) is 2.45. The molecule has 2 nitrogen and oxygen atoms in total. The molecule has 0 saturated carbocycles. The van der Waals surface area contributed by atoms with E-state index in [9.17, 15) is 0 Å². The molecule has 0 N–H and O–H groups in total. The maximum atomic E-state index is 5.83. The van der Waals surface area contributed by atoms with E-state index in [0.717, 1.165) is 11.5 Å². The Balaban J connectivity index is 1.92. The summed E-state index contributed by atoms with van der Waals surface area (Å²) in [6.07, 6.45) is 2.15. The van der Waals surface area contributed by atoms with Crippen LogP contribution in [0.25, 0.3) is 16.3 Å². The van der Waals surface area contributed by atoms with Crippen LogP contribution >= 0.6 is 0 Å². The van der Waals surface area contributed by atoms with Gasteiger partial charge >= 0.3 is 0 Å². The van der Waals surface area contributed by atoms with Crippen molar-refractivity contribution in [1.29, 1.82) is 0 Å². The predicted octanol–water partition coefficient (Wildman–Crippen LogP) is 4.67. The molecular formula is C20H16O2. The highest BCUT2D eigenvalue weighted by Gasteiger charge is 2.18. The van der Waals surface area contributed by atoms with Crippen LogP contribution in [-0.4, -0.2) is 13.7 Å². The molecule has 0 atom stereocenters. The van der Waals surface area contributed by atoms with Gasteiger partial charge in [-0.25, -0.2) is 0 Å². The maximum Gasteiger partial charge on any atom is 0.128 e. The summed E-state index contributed by atoms with van der Waals surface area (Å²) in [7, 11) is 1.69. The number of hydrogen-bond donors (Lipinski definition) is 0. The van der Waals surface area contributed by atoms with Crippen LogP contribution in [0.2, 0.25) is 0 Å². The third-order valence-corrected chi connectivity index (χ3v) is 4.09. The molecule has 0 aromatic heterocycles. The summed E-state index contributed by atoms with van der Waals surface area (Å²) in [6, 6.07) is 20.8. The molecule has 0 saturated heterocycles. The fraction of sp³-hybridized carbons (Fsp3) is 0.100. The molecule has 0 unspecified atom stereocenters. The van der Waals surface area contributed by atoms with Crippen molar-refractivity contribution >= 4 is 16.3 Å². The fourth-order valence-corrected chi connectivity index (χ4v) is 3.00. The molecule has 3 aromatic rings. The third-order valence-electron chi connectivity index (χ3n) is 4.09. The number of benzene rings is 3. The predicted molar refractivity (Wildman–Crippen MR) is 89.5 cm³/mol. The number of methoxy groups -OCH3 is 1. The number of hydrogen-bond acceptors (Lipinski definition) is 2. The number of fused-ring (bicyclic) bond motifs is 3. The van der Waals surface area contributed by atoms with Crippen LogP contribution in [0, 0.1) is 0 Å². The van der Waals surface area contributed by atoms with E-state index in [4.69, 9.17) is 9.47 Å². The first kappa shape index (κ1) is 13.0. The molecule has 0 aliphatic carbocycles. The number of rotatable bonds is 2. The lowest BCUT2D eigenvalue weighted by Gasteiger charge is -2.21. The van der Waals surface area contributed by atoms with Crippen molar-refractivity contribution in [2.45, 2.75) is 0 Å². The molecular weight excluding hydrogens is 272 g/mol. The summed E-state index contributed by atoms with van der Waals surface area (Å²) < 4.78 is 11.1. The lowest BCUT2D eigenvalue weighted by Crippen LogP contribution is -2.06. The van der Waals surface area contributed by atoms with Gasteiger partial charge in [0.2, 0.25) is 0 Å². The smallest absolute Gasteiger partial charge is 0.128 e. The standard InChI is InChI=1S/C20H16O2/c1-21-16-9-6-15(7-10-16)18-12-13-22-19-11-8-14-4-2-3-5-17(14)20(18)19/h2-12H,13H2,1H3. The first-order valence-corrected chi connectivity index (χ1v) is 7.36. The second-order valence-electron chi connectivity index (χ2n) is 5.32. The van der Waals surface area contributed by atoms with E-state index in [1.165, 1.54) is 27.5 Å². The summed E-state index contributed by atoms with van der Waals surface area (Å²) >= 11 is 0. The molecule has 1 heterocycles. The second-order valence-corrected chi connectivity index (χ2v) is 5.32. The monoisotopic (exact) mass is 288 g/mol. The van der Waals surface area contributed by atoms with Crippen molar-refractivity contribution in [1.82, 2.24) is 0 Å². The van der Waals surface area contributed by atoms with Gasteiger partial charge in [0.1, 0.15) is 18.1 Å². The number of ether oxygens (including phenoxy) is 2. The Kier molecular flexibility index (Phi) is 3.08. The van der Waals surface area contributed by atoms with E-state index >= 15 is 0 Å². The zero-order valence-corrected chi connectivity index (χ0v) is 12.4. The molecule has 0 radical (unpaired) electrons. The second kappa shape index (κ2) is 5.23. The zero-order valence-electron chi connectivity index (χ0n) is 12.4. The first-order valence-electron chi connectivity index (χ1n) is 7.36. The van der Waals surface area contributed by atoms with E-state index < -0.39 is 0 Å². The Morgan fingerprint density at radius 2 is 1.73 bits per heavy atom. The van der Waals surface area contributed by atoms with E-state index in [0.29, 0.717) is 6.61 Å². The Bertz CT molecular complexity index is 861. The van der Waals surface area contributed by atoms with Gasteiger partial charge in [-0.05, 0) is 46.2 Å². The summed E-state index contributed by atoms with van der Waals surface area (Å²) in [5.41, 5.74) is 3.58. The average Bonchev–Trinajstić information content (AvgIpc) is 2.61. The molecule has 0 fully saturated rings. The van der Waals surface area contributed by atoms with Crippen molar-refractivity contribution < 1.29 is 9.47 Å². The van der Waals surface area contributed by atoms with Crippen LogP contribution in [0.1, 0.15) is 11.1 Å². The summed E-state index contributed by atoms with van der Waals surface area (Å²) in [6.45, 7) is 0.604. The first-order chi connectivity index (χ1) is 10.9. The summed E-state index contributed by atoms with van der Waals surface area (Å²) in [5.74, 6) is 1.82. The minimum Gasteiger partial charge on any atom is -0.497 e. The highest BCUT2D eigenvalue weighted by atomic mass is 16.5. The van der Waals surface area contributed by atoms with Crippen LogP contribution < -0.4 is 9.47 Å². The van der Waals surface area contributed by atoms with Crippen LogP contribution in [-0.2, 0) is 0 Å². The molecule has 1 aliphatic rings. The third kappa shape index (κ3) is 2.04. The van der Waals surface area contributed by atoms with Crippen LogP contribution in [0.3, 0.4) is 0 Å². The molecule has 108 valence electrons. The Morgan fingerprint density at radius 3 is 2.55 bits per heavy atom. The molecule has 4 rings (SSSR count). The molecule has 22 heavy (non-hydrogen) atoms. The Hall–Kier alpha value is -2.74. The normalized spacial score (nSPS) is 13.2. The SMILES string of the molecule is COc1ccc(C2=CCOc3ccc4ccccc4c32)cc1. The van der Waals surface area contributed by atoms with E-state index in [-0.39, 0.29) is 0 Å². The molecule has 1 aliphatic heterocycles. The molecule has 0 amide bonds. The van der Waals surface area contributed by atoms with Gasteiger partial charge in [0.25, 0.3) is 0 Å². The quantitative estimate of drug-likeness (QED) is 0.682.